The highest BCUT2D eigenvalue weighted by atomic mass is 16.7. The third-order valence-electron chi connectivity index (χ3n) is 6.86. The first-order valence-electron chi connectivity index (χ1n) is 16.2. The maximum absolute atomic E-state index is 12.5. The lowest BCUT2D eigenvalue weighted by atomic mass is 10.1. The van der Waals surface area contributed by atoms with Gasteiger partial charge in [0.15, 0.2) is 6.10 Å². The van der Waals surface area contributed by atoms with Crippen LogP contribution >= 0.6 is 0 Å². The Balaban J connectivity index is 4.58. The molecule has 0 spiro atoms. The van der Waals surface area contributed by atoms with E-state index < -0.39 is 24.3 Å². The van der Waals surface area contributed by atoms with Crippen molar-refractivity contribution < 1.29 is 42.9 Å². The minimum Gasteiger partial charge on any atom is -0.477 e. The van der Waals surface area contributed by atoms with Gasteiger partial charge < -0.3 is 28.5 Å². The quantitative estimate of drug-likeness (QED) is 0.0448. The molecule has 0 aliphatic rings. The first kappa shape index (κ1) is 39.3. The molecule has 9 heteroatoms. The summed E-state index contributed by atoms with van der Waals surface area (Å²) in [6, 6.07) is 0. The molecule has 0 bridgehead atoms. The number of rotatable bonds is 29. The Morgan fingerprint density at radius 3 is 1.56 bits per heavy atom. The molecule has 0 aromatic carbocycles. The lowest BCUT2D eigenvalue weighted by Crippen LogP contribution is -2.40. The maximum Gasteiger partial charge on any atom is 0.361 e. The molecule has 0 heterocycles. The molecule has 2 atom stereocenters. The molecular formula is C32H62NO8+. The largest absolute Gasteiger partial charge is 0.477 e. The molecule has 41 heavy (non-hydrogen) atoms. The van der Waals surface area contributed by atoms with Crippen molar-refractivity contribution in [3.05, 3.63) is 0 Å². The molecule has 0 saturated heterocycles. The van der Waals surface area contributed by atoms with Crippen molar-refractivity contribution in [3.8, 4) is 0 Å². The van der Waals surface area contributed by atoms with Gasteiger partial charge in [-0.25, -0.2) is 4.79 Å². The number of carbonyl (C=O) groups is 3. The van der Waals surface area contributed by atoms with Gasteiger partial charge in [-0.15, -0.1) is 0 Å². The van der Waals surface area contributed by atoms with Gasteiger partial charge in [-0.3, -0.25) is 9.59 Å². The summed E-state index contributed by atoms with van der Waals surface area (Å²) in [5, 5.41) is 9.50. The third-order valence-corrected chi connectivity index (χ3v) is 6.86. The van der Waals surface area contributed by atoms with Crippen molar-refractivity contribution in [1.82, 2.24) is 0 Å². The highest BCUT2D eigenvalue weighted by molar-refractivity contribution is 5.71. The molecule has 0 amide bonds. The molecule has 0 saturated carbocycles. The maximum atomic E-state index is 12.5. The lowest BCUT2D eigenvalue weighted by Gasteiger charge is -2.25. The summed E-state index contributed by atoms with van der Waals surface area (Å²) in [6.45, 7) is 4.74. The standard InChI is InChI=1S/C32H61NO8/c1-6-8-10-12-13-14-15-16-17-19-21-23-30(35)41-28(26-39-29(34)22-20-18-11-9-7-2)27-40-32(31(36)37)38-25-24-33(3,4)5/h28,32H,6-27H2,1-5H3/p+1. The fourth-order valence-corrected chi connectivity index (χ4v) is 4.24. The van der Waals surface area contributed by atoms with Gasteiger partial charge in [0, 0.05) is 12.8 Å². The second-order valence-electron chi connectivity index (χ2n) is 12.1. The SMILES string of the molecule is CCCCCCCCCCCCCC(=O)OC(COC(=O)CCCCCCC)COC(OCC[N+](C)(C)C)C(=O)O. The Kier molecular flexibility index (Phi) is 24.9. The van der Waals surface area contributed by atoms with E-state index in [1.807, 2.05) is 21.1 Å². The fourth-order valence-electron chi connectivity index (χ4n) is 4.24. The minimum atomic E-state index is -1.50. The number of carbonyl (C=O) groups excluding carboxylic acids is 2. The number of hydrogen-bond donors (Lipinski definition) is 1. The highest BCUT2D eigenvalue weighted by Crippen LogP contribution is 2.13. The molecule has 0 radical (unpaired) electrons. The van der Waals surface area contributed by atoms with Gasteiger partial charge in [0.25, 0.3) is 6.29 Å². The second kappa shape index (κ2) is 26.0. The van der Waals surface area contributed by atoms with Crippen molar-refractivity contribution >= 4 is 17.9 Å². The monoisotopic (exact) mass is 588 g/mol. The number of unbranched alkanes of at least 4 members (excludes halogenated alkanes) is 14. The third kappa shape index (κ3) is 26.9. The van der Waals surface area contributed by atoms with E-state index in [1.165, 1.54) is 51.4 Å². The van der Waals surface area contributed by atoms with Crippen LogP contribution in [0.15, 0.2) is 0 Å². The molecule has 242 valence electrons. The van der Waals surface area contributed by atoms with Crippen LogP contribution in [-0.2, 0) is 33.3 Å². The van der Waals surface area contributed by atoms with Crippen LogP contribution in [-0.4, -0.2) is 87.4 Å². The molecule has 0 aromatic rings. The first-order valence-corrected chi connectivity index (χ1v) is 16.2. The zero-order valence-corrected chi connectivity index (χ0v) is 27.0. The fraction of sp³-hybridized carbons (Fsp3) is 0.906. The number of hydrogen-bond acceptors (Lipinski definition) is 7. The van der Waals surface area contributed by atoms with Gasteiger partial charge in [0.05, 0.1) is 34.4 Å². The lowest BCUT2D eigenvalue weighted by molar-refractivity contribution is -0.870. The van der Waals surface area contributed by atoms with Crippen molar-refractivity contribution in [1.29, 1.82) is 0 Å². The number of esters is 2. The summed E-state index contributed by atoms with van der Waals surface area (Å²) in [7, 11) is 5.93. The smallest absolute Gasteiger partial charge is 0.361 e. The number of carboxylic acid groups (broad SMARTS) is 1. The molecule has 0 aliphatic heterocycles. The topological polar surface area (TPSA) is 108 Å². The normalized spacial score (nSPS) is 13.1. The Morgan fingerprint density at radius 2 is 1.10 bits per heavy atom. The summed E-state index contributed by atoms with van der Waals surface area (Å²) in [4.78, 5) is 36.4. The van der Waals surface area contributed by atoms with E-state index in [1.54, 1.807) is 0 Å². The second-order valence-corrected chi connectivity index (χ2v) is 12.1. The van der Waals surface area contributed by atoms with Gasteiger partial charge in [0.2, 0.25) is 0 Å². The Morgan fingerprint density at radius 1 is 0.634 bits per heavy atom. The number of aliphatic carboxylic acids is 1. The Labute approximate surface area is 250 Å². The Hall–Kier alpha value is -1.71. The molecule has 0 fully saturated rings. The molecule has 1 N–H and O–H groups in total. The van der Waals surface area contributed by atoms with E-state index in [0.717, 1.165) is 51.4 Å². The summed E-state index contributed by atoms with van der Waals surface area (Å²) < 4.78 is 22.4. The average molecular weight is 589 g/mol. The van der Waals surface area contributed by atoms with Crippen molar-refractivity contribution in [2.45, 2.75) is 142 Å². The van der Waals surface area contributed by atoms with Crippen LogP contribution in [0, 0.1) is 0 Å². The van der Waals surface area contributed by atoms with Gasteiger partial charge in [-0.2, -0.15) is 0 Å². The zero-order chi connectivity index (χ0) is 30.8. The number of ether oxygens (including phenoxy) is 4. The number of carboxylic acids is 1. The van der Waals surface area contributed by atoms with Crippen LogP contribution in [0.25, 0.3) is 0 Å². The van der Waals surface area contributed by atoms with Crippen LogP contribution in [0.1, 0.15) is 129 Å². The number of likely N-dealkylation sites (N-methyl/N-ethyl adjacent to an activating group) is 1. The predicted octanol–water partition coefficient (Wildman–Crippen LogP) is 6.65. The van der Waals surface area contributed by atoms with E-state index in [9.17, 15) is 19.5 Å². The van der Waals surface area contributed by atoms with Crippen molar-refractivity contribution in [3.63, 3.8) is 0 Å². The van der Waals surface area contributed by atoms with Crippen LogP contribution in [0.3, 0.4) is 0 Å². The van der Waals surface area contributed by atoms with Crippen LogP contribution in [0.5, 0.6) is 0 Å². The molecule has 0 aliphatic carbocycles. The highest BCUT2D eigenvalue weighted by Gasteiger charge is 2.25. The van der Waals surface area contributed by atoms with E-state index in [-0.39, 0.29) is 32.2 Å². The molecular weight excluding hydrogens is 526 g/mol. The van der Waals surface area contributed by atoms with Crippen LogP contribution in [0.2, 0.25) is 0 Å². The Bertz CT molecular complexity index is 665. The zero-order valence-electron chi connectivity index (χ0n) is 27.0. The summed E-state index contributed by atoms with van der Waals surface area (Å²) in [5.74, 6) is -2.02. The molecule has 0 aromatic heterocycles. The van der Waals surface area contributed by atoms with Crippen LogP contribution in [0.4, 0.5) is 0 Å². The van der Waals surface area contributed by atoms with Gasteiger partial charge in [-0.05, 0) is 12.8 Å². The first-order chi connectivity index (χ1) is 19.6. The van der Waals surface area contributed by atoms with Crippen molar-refractivity contribution in [2.24, 2.45) is 0 Å². The summed E-state index contributed by atoms with van der Waals surface area (Å²) in [6.07, 6.45) is 16.3. The predicted molar refractivity (Wildman–Crippen MR) is 162 cm³/mol. The van der Waals surface area contributed by atoms with Gasteiger partial charge in [0.1, 0.15) is 13.2 Å². The van der Waals surface area contributed by atoms with E-state index in [2.05, 4.69) is 13.8 Å². The van der Waals surface area contributed by atoms with E-state index in [0.29, 0.717) is 17.4 Å². The van der Waals surface area contributed by atoms with E-state index in [4.69, 9.17) is 18.9 Å². The minimum absolute atomic E-state index is 0.178. The van der Waals surface area contributed by atoms with E-state index >= 15 is 0 Å². The van der Waals surface area contributed by atoms with Crippen molar-refractivity contribution in [2.75, 3.05) is 47.5 Å². The van der Waals surface area contributed by atoms with Gasteiger partial charge in [-0.1, -0.05) is 104 Å². The summed E-state index contributed by atoms with van der Waals surface area (Å²) in [5.41, 5.74) is 0. The molecule has 2 unspecified atom stereocenters. The van der Waals surface area contributed by atoms with Crippen LogP contribution < -0.4 is 0 Å². The average Bonchev–Trinajstić information content (AvgIpc) is 2.91. The molecule has 0 rings (SSSR count). The number of nitrogens with zero attached hydrogens (tertiary/aromatic N) is 1. The number of quaternary nitrogens is 1. The van der Waals surface area contributed by atoms with Gasteiger partial charge >= 0.3 is 17.9 Å². The summed E-state index contributed by atoms with van der Waals surface area (Å²) >= 11 is 0. The molecule has 9 nitrogen and oxygen atoms in total.